The first-order chi connectivity index (χ1) is 10.1. The molecule has 0 aliphatic rings. The normalized spacial score (nSPS) is 11.7. The Morgan fingerprint density at radius 3 is 2.62 bits per heavy atom. The van der Waals surface area contributed by atoms with Crippen LogP contribution in [0, 0.1) is 11.8 Å². The van der Waals surface area contributed by atoms with Crippen LogP contribution in [0.5, 0.6) is 0 Å². The third kappa shape index (κ3) is 5.99. The fourth-order valence-corrected chi connectivity index (χ4v) is 1.84. The highest BCUT2D eigenvalue weighted by atomic mass is 16.1. The molecule has 4 heteroatoms. The minimum absolute atomic E-state index is 0.0501. The van der Waals surface area contributed by atoms with Crippen LogP contribution in [0.4, 0.5) is 0 Å². The SMILES string of the molecule is CCC(C)N(C)CCNC(=O)c1ccc(C#CCN)cc1. The van der Waals surface area contributed by atoms with Gasteiger partial charge in [0.2, 0.25) is 0 Å². The van der Waals surface area contributed by atoms with Gasteiger partial charge in [-0.2, -0.15) is 0 Å². The number of carbonyl (C=O) groups is 1. The fraction of sp³-hybridized carbons (Fsp3) is 0.471. The Labute approximate surface area is 127 Å². The van der Waals surface area contributed by atoms with Crippen LogP contribution in [0.1, 0.15) is 36.2 Å². The molecule has 0 fully saturated rings. The van der Waals surface area contributed by atoms with Gasteiger partial charge in [0.05, 0.1) is 6.54 Å². The van der Waals surface area contributed by atoms with Gasteiger partial charge in [-0.25, -0.2) is 0 Å². The van der Waals surface area contributed by atoms with Gasteiger partial charge in [0.1, 0.15) is 0 Å². The lowest BCUT2D eigenvalue weighted by Gasteiger charge is -2.23. The van der Waals surface area contributed by atoms with E-state index in [4.69, 9.17) is 5.73 Å². The minimum Gasteiger partial charge on any atom is -0.351 e. The molecule has 1 aromatic rings. The molecule has 1 aromatic carbocycles. The van der Waals surface area contributed by atoms with Crippen molar-refractivity contribution in [1.82, 2.24) is 10.2 Å². The smallest absolute Gasteiger partial charge is 0.251 e. The molecule has 1 rings (SSSR count). The van der Waals surface area contributed by atoms with Crippen LogP contribution in [-0.2, 0) is 0 Å². The van der Waals surface area contributed by atoms with Gasteiger partial charge < -0.3 is 16.0 Å². The van der Waals surface area contributed by atoms with Gasteiger partial charge in [-0.05, 0) is 44.7 Å². The van der Waals surface area contributed by atoms with E-state index >= 15 is 0 Å². The van der Waals surface area contributed by atoms with E-state index in [1.54, 1.807) is 12.1 Å². The molecule has 0 aliphatic heterocycles. The van der Waals surface area contributed by atoms with Crippen LogP contribution >= 0.6 is 0 Å². The second kappa shape index (κ2) is 9.17. The molecule has 1 unspecified atom stereocenters. The third-order valence-electron chi connectivity index (χ3n) is 3.58. The Morgan fingerprint density at radius 1 is 1.38 bits per heavy atom. The van der Waals surface area contributed by atoms with Gasteiger partial charge in [-0.1, -0.05) is 18.8 Å². The van der Waals surface area contributed by atoms with E-state index in [0.717, 1.165) is 18.5 Å². The van der Waals surface area contributed by atoms with E-state index < -0.39 is 0 Å². The molecule has 0 radical (unpaired) electrons. The molecule has 21 heavy (non-hydrogen) atoms. The predicted octanol–water partition coefficient (Wildman–Crippen LogP) is 1.46. The van der Waals surface area contributed by atoms with E-state index in [0.29, 0.717) is 24.7 Å². The predicted molar refractivity (Wildman–Crippen MR) is 87.1 cm³/mol. The summed E-state index contributed by atoms with van der Waals surface area (Å²) in [5.41, 5.74) is 6.84. The van der Waals surface area contributed by atoms with Gasteiger partial charge >= 0.3 is 0 Å². The number of amides is 1. The summed E-state index contributed by atoms with van der Waals surface area (Å²) < 4.78 is 0. The summed E-state index contributed by atoms with van der Waals surface area (Å²) in [5.74, 6) is 5.67. The highest BCUT2D eigenvalue weighted by molar-refractivity contribution is 5.94. The molecule has 114 valence electrons. The lowest BCUT2D eigenvalue weighted by atomic mass is 10.1. The Kier molecular flexibility index (Phi) is 7.52. The van der Waals surface area contributed by atoms with E-state index in [1.807, 2.05) is 12.1 Å². The van der Waals surface area contributed by atoms with Crippen LogP contribution in [0.3, 0.4) is 0 Å². The van der Waals surface area contributed by atoms with Crippen LogP contribution in [0.15, 0.2) is 24.3 Å². The van der Waals surface area contributed by atoms with E-state index in [1.165, 1.54) is 0 Å². The molecule has 0 spiro atoms. The van der Waals surface area contributed by atoms with Crippen molar-refractivity contribution in [3.05, 3.63) is 35.4 Å². The summed E-state index contributed by atoms with van der Waals surface area (Å²) in [6.07, 6.45) is 1.11. The average molecular weight is 287 g/mol. The number of hydrogen-bond donors (Lipinski definition) is 2. The maximum Gasteiger partial charge on any atom is 0.251 e. The lowest BCUT2D eigenvalue weighted by Crippen LogP contribution is -2.37. The zero-order valence-corrected chi connectivity index (χ0v) is 13.1. The highest BCUT2D eigenvalue weighted by Gasteiger charge is 2.08. The molecule has 4 nitrogen and oxygen atoms in total. The van der Waals surface area contributed by atoms with Crippen LogP contribution in [0.2, 0.25) is 0 Å². The first-order valence-corrected chi connectivity index (χ1v) is 7.36. The van der Waals surface area contributed by atoms with Crippen LogP contribution < -0.4 is 11.1 Å². The zero-order chi connectivity index (χ0) is 15.7. The van der Waals surface area contributed by atoms with E-state index in [9.17, 15) is 4.79 Å². The lowest BCUT2D eigenvalue weighted by molar-refractivity contribution is 0.0947. The molecular weight excluding hydrogens is 262 g/mol. The molecule has 3 N–H and O–H groups in total. The number of hydrogen-bond acceptors (Lipinski definition) is 3. The van der Waals surface area contributed by atoms with Crippen molar-refractivity contribution in [2.75, 3.05) is 26.7 Å². The quantitative estimate of drug-likeness (QED) is 0.779. The molecule has 0 saturated heterocycles. The summed E-state index contributed by atoms with van der Waals surface area (Å²) >= 11 is 0. The van der Waals surface area contributed by atoms with Crippen molar-refractivity contribution in [3.8, 4) is 11.8 Å². The summed E-state index contributed by atoms with van der Waals surface area (Å²) in [6, 6.07) is 7.77. The number of benzene rings is 1. The molecule has 1 amide bonds. The number of rotatable bonds is 6. The fourth-order valence-electron chi connectivity index (χ4n) is 1.84. The first-order valence-electron chi connectivity index (χ1n) is 7.36. The largest absolute Gasteiger partial charge is 0.351 e. The molecular formula is C17H25N3O. The van der Waals surface area contributed by atoms with Gasteiger partial charge in [0, 0.05) is 30.3 Å². The van der Waals surface area contributed by atoms with Crippen molar-refractivity contribution in [2.45, 2.75) is 26.3 Å². The second-order valence-corrected chi connectivity index (χ2v) is 5.08. The van der Waals surface area contributed by atoms with Crippen molar-refractivity contribution in [1.29, 1.82) is 0 Å². The topological polar surface area (TPSA) is 58.4 Å². The molecule has 0 saturated carbocycles. The maximum atomic E-state index is 12.0. The Balaban J connectivity index is 2.45. The average Bonchev–Trinajstić information content (AvgIpc) is 2.52. The molecule has 0 heterocycles. The van der Waals surface area contributed by atoms with Gasteiger partial charge in [-0.15, -0.1) is 0 Å². The number of likely N-dealkylation sites (N-methyl/N-ethyl adjacent to an activating group) is 1. The van der Waals surface area contributed by atoms with E-state index in [2.05, 4.69) is 43.0 Å². The van der Waals surface area contributed by atoms with E-state index in [-0.39, 0.29) is 5.91 Å². The number of carbonyl (C=O) groups excluding carboxylic acids is 1. The van der Waals surface area contributed by atoms with Gasteiger partial charge in [0.25, 0.3) is 5.91 Å². The Morgan fingerprint density at radius 2 is 2.05 bits per heavy atom. The number of nitrogens with two attached hydrogens (primary N) is 1. The molecule has 0 aliphatic carbocycles. The number of nitrogens with zero attached hydrogens (tertiary/aromatic N) is 1. The van der Waals surface area contributed by atoms with Gasteiger partial charge in [0.15, 0.2) is 0 Å². The van der Waals surface area contributed by atoms with Crippen LogP contribution in [-0.4, -0.2) is 43.5 Å². The third-order valence-corrected chi connectivity index (χ3v) is 3.58. The van der Waals surface area contributed by atoms with Crippen molar-refractivity contribution >= 4 is 5.91 Å². The monoisotopic (exact) mass is 287 g/mol. The maximum absolute atomic E-state index is 12.0. The van der Waals surface area contributed by atoms with Gasteiger partial charge in [-0.3, -0.25) is 4.79 Å². The standard InChI is InChI=1S/C17H25N3O/c1-4-14(2)20(3)13-12-19-17(21)16-9-7-15(8-10-16)6-5-11-18/h7-10,14H,4,11-13,18H2,1-3H3,(H,19,21). The van der Waals surface area contributed by atoms with Crippen molar-refractivity contribution in [2.24, 2.45) is 5.73 Å². The molecule has 0 bridgehead atoms. The summed E-state index contributed by atoms with van der Waals surface area (Å²) in [6.45, 7) is 6.18. The van der Waals surface area contributed by atoms with Crippen molar-refractivity contribution in [3.63, 3.8) is 0 Å². The minimum atomic E-state index is -0.0501. The highest BCUT2D eigenvalue weighted by Crippen LogP contribution is 2.03. The van der Waals surface area contributed by atoms with Crippen LogP contribution in [0.25, 0.3) is 0 Å². The zero-order valence-electron chi connectivity index (χ0n) is 13.1. The first kappa shape index (κ1) is 17.2. The number of nitrogens with one attached hydrogen (secondary N) is 1. The molecule has 0 aromatic heterocycles. The molecule has 1 atom stereocenters. The second-order valence-electron chi connectivity index (χ2n) is 5.08. The van der Waals surface area contributed by atoms with Crippen molar-refractivity contribution < 1.29 is 4.79 Å². The Hall–Kier alpha value is -1.83. The summed E-state index contributed by atoms with van der Waals surface area (Å²) in [5, 5.41) is 2.93. The summed E-state index contributed by atoms with van der Waals surface area (Å²) in [7, 11) is 2.07. The Bertz CT molecular complexity index is 499. The summed E-state index contributed by atoms with van der Waals surface area (Å²) in [4.78, 5) is 14.2.